The number of nitrogens with one attached hydrogen (secondary N) is 1. The molecule has 1 saturated heterocycles. The Labute approximate surface area is 159 Å². The van der Waals surface area contributed by atoms with Crippen LogP contribution in [0.4, 0.5) is 5.95 Å². The number of benzene rings is 1. The molecule has 3 rings (SSSR count). The van der Waals surface area contributed by atoms with E-state index in [-0.39, 0.29) is 10.8 Å². The van der Waals surface area contributed by atoms with Crippen LogP contribution in [0.1, 0.15) is 23.7 Å². The molecule has 0 saturated carbocycles. The summed E-state index contributed by atoms with van der Waals surface area (Å²) in [4.78, 5) is 22.5. The number of piperazine rings is 1. The van der Waals surface area contributed by atoms with E-state index in [1.54, 1.807) is 30.6 Å². The second-order valence-corrected chi connectivity index (χ2v) is 8.16. The molecule has 0 unspecified atom stereocenters. The Balaban J connectivity index is 1.65. The Morgan fingerprint density at radius 2 is 1.70 bits per heavy atom. The third-order valence-corrected chi connectivity index (χ3v) is 6.28. The fraction of sp³-hybridized carbons (Fsp3) is 0.389. The van der Waals surface area contributed by atoms with Crippen LogP contribution in [0, 0.1) is 0 Å². The molecule has 1 aliphatic rings. The number of carbonyl (C=O) groups is 1. The molecule has 27 heavy (non-hydrogen) atoms. The summed E-state index contributed by atoms with van der Waals surface area (Å²) in [5.41, 5.74) is 0.452. The van der Waals surface area contributed by atoms with Crippen molar-refractivity contribution >= 4 is 21.9 Å². The van der Waals surface area contributed by atoms with Gasteiger partial charge in [0.1, 0.15) is 0 Å². The summed E-state index contributed by atoms with van der Waals surface area (Å²) in [6.45, 7) is 4.34. The third-order valence-electron chi connectivity index (χ3n) is 4.36. The fourth-order valence-electron chi connectivity index (χ4n) is 2.85. The van der Waals surface area contributed by atoms with Gasteiger partial charge in [0, 0.05) is 50.7 Å². The minimum atomic E-state index is -3.59. The molecule has 2 aromatic rings. The first-order valence-corrected chi connectivity index (χ1v) is 10.4. The molecule has 1 fully saturated rings. The van der Waals surface area contributed by atoms with Crippen LogP contribution in [0.15, 0.2) is 47.6 Å². The van der Waals surface area contributed by atoms with Crippen LogP contribution in [-0.4, -0.2) is 61.3 Å². The molecule has 8 nitrogen and oxygen atoms in total. The minimum Gasteiger partial charge on any atom is -0.352 e. The summed E-state index contributed by atoms with van der Waals surface area (Å²) in [6.07, 6.45) is 4.19. The van der Waals surface area contributed by atoms with Crippen LogP contribution >= 0.6 is 0 Å². The van der Waals surface area contributed by atoms with Crippen LogP contribution < -0.4 is 10.2 Å². The lowest BCUT2D eigenvalue weighted by atomic mass is 10.2. The first-order chi connectivity index (χ1) is 13.0. The zero-order valence-electron chi connectivity index (χ0n) is 15.2. The number of amides is 1. The molecule has 1 N–H and O–H groups in total. The predicted octanol–water partition coefficient (Wildman–Crippen LogP) is 1.13. The van der Waals surface area contributed by atoms with Gasteiger partial charge in [-0.15, -0.1) is 0 Å². The average Bonchev–Trinajstić information content (AvgIpc) is 2.73. The van der Waals surface area contributed by atoms with Crippen molar-refractivity contribution in [2.75, 3.05) is 37.6 Å². The molecular weight excluding hydrogens is 366 g/mol. The number of hydrogen-bond donors (Lipinski definition) is 1. The van der Waals surface area contributed by atoms with E-state index in [0.717, 1.165) is 6.42 Å². The standard InChI is InChI=1S/C18H23N5O3S/c1-2-8-19-17(24)15-4-6-16(7-5-15)27(25,26)23-13-11-22(12-14-23)18-20-9-3-10-21-18/h3-7,9-10H,2,8,11-14H2,1H3,(H,19,24). The summed E-state index contributed by atoms with van der Waals surface area (Å²) in [5, 5.41) is 2.77. The van der Waals surface area contributed by atoms with E-state index in [2.05, 4.69) is 15.3 Å². The second-order valence-electron chi connectivity index (χ2n) is 6.22. The molecule has 0 bridgehead atoms. The SMILES string of the molecule is CCCNC(=O)c1ccc(S(=O)(=O)N2CCN(c3ncccn3)CC2)cc1. The van der Waals surface area contributed by atoms with E-state index in [1.807, 2.05) is 11.8 Å². The molecule has 1 amide bonds. The maximum absolute atomic E-state index is 12.9. The van der Waals surface area contributed by atoms with Gasteiger partial charge in [0.2, 0.25) is 16.0 Å². The molecular formula is C18H23N5O3S. The van der Waals surface area contributed by atoms with Gasteiger partial charge in [0.25, 0.3) is 5.91 Å². The van der Waals surface area contributed by atoms with Crippen LogP contribution in [0.25, 0.3) is 0 Å². The molecule has 0 atom stereocenters. The van der Waals surface area contributed by atoms with Gasteiger partial charge >= 0.3 is 0 Å². The van der Waals surface area contributed by atoms with Gasteiger partial charge in [-0.1, -0.05) is 6.92 Å². The normalized spacial score (nSPS) is 15.5. The first-order valence-electron chi connectivity index (χ1n) is 8.92. The van der Waals surface area contributed by atoms with E-state index >= 15 is 0 Å². The lowest BCUT2D eigenvalue weighted by Gasteiger charge is -2.33. The van der Waals surface area contributed by atoms with Gasteiger partial charge in [-0.2, -0.15) is 4.31 Å². The van der Waals surface area contributed by atoms with E-state index in [1.165, 1.54) is 16.4 Å². The lowest BCUT2D eigenvalue weighted by molar-refractivity contribution is 0.0953. The first kappa shape index (κ1) is 19.2. The highest BCUT2D eigenvalue weighted by atomic mass is 32.2. The topological polar surface area (TPSA) is 95.5 Å². The Morgan fingerprint density at radius 1 is 1.07 bits per heavy atom. The zero-order chi connectivity index (χ0) is 19.3. The lowest BCUT2D eigenvalue weighted by Crippen LogP contribution is -2.49. The Kier molecular flexibility index (Phi) is 6.02. The molecule has 144 valence electrons. The Morgan fingerprint density at radius 3 is 2.30 bits per heavy atom. The smallest absolute Gasteiger partial charge is 0.251 e. The number of rotatable bonds is 6. The zero-order valence-corrected chi connectivity index (χ0v) is 16.0. The van der Waals surface area contributed by atoms with Crippen molar-refractivity contribution in [1.29, 1.82) is 0 Å². The number of hydrogen-bond acceptors (Lipinski definition) is 6. The van der Waals surface area contributed by atoms with Crippen molar-refractivity contribution in [1.82, 2.24) is 19.6 Å². The monoisotopic (exact) mass is 389 g/mol. The molecule has 1 aliphatic heterocycles. The molecule has 0 aliphatic carbocycles. The van der Waals surface area contributed by atoms with E-state index in [9.17, 15) is 13.2 Å². The highest BCUT2D eigenvalue weighted by Crippen LogP contribution is 2.19. The summed E-state index contributed by atoms with van der Waals surface area (Å²) in [6, 6.07) is 7.82. The van der Waals surface area contributed by atoms with Gasteiger partial charge < -0.3 is 10.2 Å². The minimum absolute atomic E-state index is 0.193. The number of carbonyl (C=O) groups excluding carboxylic acids is 1. The van der Waals surface area contributed by atoms with Gasteiger partial charge in [-0.3, -0.25) is 4.79 Å². The van der Waals surface area contributed by atoms with E-state index in [4.69, 9.17) is 0 Å². The van der Waals surface area contributed by atoms with Crippen LogP contribution in [-0.2, 0) is 10.0 Å². The molecule has 1 aromatic carbocycles. The van der Waals surface area contributed by atoms with Crippen molar-refractivity contribution in [2.45, 2.75) is 18.2 Å². The maximum atomic E-state index is 12.9. The summed E-state index contributed by atoms with van der Waals surface area (Å²) < 4.78 is 27.2. The van der Waals surface area contributed by atoms with Crippen LogP contribution in [0.3, 0.4) is 0 Å². The van der Waals surface area contributed by atoms with Crippen molar-refractivity contribution in [3.8, 4) is 0 Å². The highest BCUT2D eigenvalue weighted by molar-refractivity contribution is 7.89. The highest BCUT2D eigenvalue weighted by Gasteiger charge is 2.29. The maximum Gasteiger partial charge on any atom is 0.251 e. The molecule has 0 radical (unpaired) electrons. The van der Waals surface area contributed by atoms with Gasteiger partial charge in [0.15, 0.2) is 0 Å². The Bertz CT molecular complexity index is 864. The number of sulfonamides is 1. The van der Waals surface area contributed by atoms with Gasteiger partial charge in [-0.25, -0.2) is 18.4 Å². The summed E-state index contributed by atoms with van der Waals surface area (Å²) in [5.74, 6) is 0.411. The quantitative estimate of drug-likeness (QED) is 0.796. The summed E-state index contributed by atoms with van der Waals surface area (Å²) in [7, 11) is -3.59. The van der Waals surface area contributed by atoms with Crippen LogP contribution in [0.2, 0.25) is 0 Å². The number of aromatic nitrogens is 2. The average molecular weight is 389 g/mol. The number of anilines is 1. The molecule has 9 heteroatoms. The Hall–Kier alpha value is -2.52. The van der Waals surface area contributed by atoms with E-state index < -0.39 is 10.0 Å². The largest absolute Gasteiger partial charge is 0.352 e. The second kappa shape index (κ2) is 8.45. The summed E-state index contributed by atoms with van der Waals surface area (Å²) >= 11 is 0. The third kappa shape index (κ3) is 4.42. The molecule has 2 heterocycles. The fourth-order valence-corrected chi connectivity index (χ4v) is 4.27. The van der Waals surface area contributed by atoms with Crippen molar-refractivity contribution < 1.29 is 13.2 Å². The van der Waals surface area contributed by atoms with Crippen molar-refractivity contribution in [3.05, 3.63) is 48.3 Å². The van der Waals surface area contributed by atoms with Crippen molar-refractivity contribution in [2.24, 2.45) is 0 Å². The number of nitrogens with zero attached hydrogens (tertiary/aromatic N) is 4. The van der Waals surface area contributed by atoms with Crippen molar-refractivity contribution in [3.63, 3.8) is 0 Å². The van der Waals surface area contributed by atoms with E-state index in [0.29, 0.717) is 44.2 Å². The van der Waals surface area contributed by atoms with Gasteiger partial charge in [-0.05, 0) is 36.8 Å². The molecule has 0 spiro atoms. The van der Waals surface area contributed by atoms with Crippen LogP contribution in [0.5, 0.6) is 0 Å². The van der Waals surface area contributed by atoms with Gasteiger partial charge in [0.05, 0.1) is 4.90 Å². The molecule has 1 aromatic heterocycles. The predicted molar refractivity (Wildman–Crippen MR) is 102 cm³/mol.